The van der Waals surface area contributed by atoms with Crippen LogP contribution in [0.25, 0.3) is 10.8 Å². The second kappa shape index (κ2) is 7.60. The first-order valence-electron chi connectivity index (χ1n) is 9.97. The fourth-order valence-corrected chi connectivity index (χ4v) is 3.90. The zero-order valence-corrected chi connectivity index (χ0v) is 17.3. The number of anilines is 1. The molecular weight excluding hydrogens is 412 g/mol. The molecule has 1 heterocycles. The number of hydrogen-bond donors (Lipinski definition) is 2. The quantitative estimate of drug-likeness (QED) is 0.366. The van der Waals surface area contributed by atoms with Crippen LogP contribution < -0.4 is 10.1 Å². The smallest absolute Gasteiger partial charge is 0.335 e. The van der Waals surface area contributed by atoms with Crippen molar-refractivity contribution in [3.05, 3.63) is 95.1 Å². The van der Waals surface area contributed by atoms with Crippen LogP contribution in [0.1, 0.15) is 28.8 Å². The summed E-state index contributed by atoms with van der Waals surface area (Å²) in [6.45, 7) is 0. The number of fused-ring (bicyclic) bond motifs is 1. The van der Waals surface area contributed by atoms with Crippen LogP contribution in [-0.2, 0) is 5.54 Å². The molecule has 3 aromatic carbocycles. The molecule has 31 heavy (non-hydrogen) atoms. The van der Waals surface area contributed by atoms with Crippen LogP contribution in [0, 0.1) is 0 Å². The van der Waals surface area contributed by atoms with Crippen LogP contribution in [0.3, 0.4) is 0 Å². The molecule has 0 aliphatic heterocycles. The van der Waals surface area contributed by atoms with Crippen molar-refractivity contribution in [3.63, 3.8) is 0 Å². The highest BCUT2D eigenvalue weighted by atomic mass is 35.5. The second-order valence-corrected chi connectivity index (χ2v) is 8.10. The monoisotopic (exact) mass is 430 g/mol. The number of carbonyl (C=O) groups is 1. The average molecular weight is 431 g/mol. The molecule has 0 saturated heterocycles. The number of pyridine rings is 1. The van der Waals surface area contributed by atoms with E-state index in [1.54, 1.807) is 30.5 Å². The summed E-state index contributed by atoms with van der Waals surface area (Å²) in [4.78, 5) is 15.8. The number of rotatable bonds is 6. The zero-order valence-electron chi connectivity index (χ0n) is 16.5. The van der Waals surface area contributed by atoms with Gasteiger partial charge >= 0.3 is 5.97 Å². The number of aromatic carboxylic acids is 1. The molecule has 5 rings (SSSR count). The van der Waals surface area contributed by atoms with E-state index in [1.165, 1.54) is 0 Å². The van der Waals surface area contributed by atoms with Gasteiger partial charge in [-0.2, -0.15) is 0 Å². The van der Waals surface area contributed by atoms with E-state index in [0.29, 0.717) is 16.5 Å². The molecule has 4 aromatic rings. The minimum Gasteiger partial charge on any atom is -0.478 e. The van der Waals surface area contributed by atoms with Crippen molar-refractivity contribution >= 4 is 34.2 Å². The molecule has 1 aromatic heterocycles. The van der Waals surface area contributed by atoms with Crippen LogP contribution in [0.4, 0.5) is 5.82 Å². The second-order valence-electron chi connectivity index (χ2n) is 7.66. The molecule has 0 amide bonds. The largest absolute Gasteiger partial charge is 0.478 e. The third-order valence-electron chi connectivity index (χ3n) is 5.59. The summed E-state index contributed by atoms with van der Waals surface area (Å²) in [6, 6.07) is 22.1. The Hall–Kier alpha value is -3.57. The normalized spacial score (nSPS) is 14.2. The molecule has 0 spiro atoms. The third-order valence-corrected chi connectivity index (χ3v) is 5.84. The third kappa shape index (κ3) is 3.80. The molecule has 0 bridgehead atoms. The number of ether oxygens (including phenoxy) is 1. The summed E-state index contributed by atoms with van der Waals surface area (Å²) in [6.07, 6.45) is 3.66. The Labute approximate surface area is 184 Å². The Morgan fingerprint density at radius 2 is 1.74 bits per heavy atom. The van der Waals surface area contributed by atoms with E-state index in [0.717, 1.165) is 35.0 Å². The SMILES string of the molecule is O=C(O)c1ccc(C2(Nc3nccc4cccc(Oc5ccc(Cl)cc5)c34)CC2)cc1. The lowest BCUT2D eigenvalue weighted by Crippen LogP contribution is -2.20. The lowest BCUT2D eigenvalue weighted by atomic mass is 10.0. The number of halogens is 1. The molecule has 0 unspecified atom stereocenters. The van der Waals surface area contributed by atoms with Gasteiger partial charge in [0.1, 0.15) is 17.3 Å². The number of nitrogens with one attached hydrogen (secondary N) is 1. The van der Waals surface area contributed by atoms with Gasteiger partial charge in [0.2, 0.25) is 0 Å². The van der Waals surface area contributed by atoms with E-state index >= 15 is 0 Å². The van der Waals surface area contributed by atoms with Crippen LogP contribution in [0.15, 0.2) is 79.0 Å². The number of nitrogens with zero attached hydrogens (tertiary/aromatic N) is 1. The molecule has 1 aliphatic rings. The Balaban J connectivity index is 1.51. The fraction of sp³-hybridized carbons (Fsp3) is 0.120. The van der Waals surface area contributed by atoms with E-state index in [-0.39, 0.29) is 11.1 Å². The molecule has 6 heteroatoms. The van der Waals surface area contributed by atoms with Crippen molar-refractivity contribution in [3.8, 4) is 11.5 Å². The number of carboxylic acids is 1. The van der Waals surface area contributed by atoms with Gasteiger partial charge in [0.25, 0.3) is 0 Å². The van der Waals surface area contributed by atoms with E-state index in [2.05, 4.69) is 10.3 Å². The van der Waals surface area contributed by atoms with Crippen LogP contribution in [0.2, 0.25) is 5.02 Å². The van der Waals surface area contributed by atoms with Crippen molar-refractivity contribution in [2.75, 3.05) is 5.32 Å². The molecule has 2 N–H and O–H groups in total. The Bertz CT molecular complexity index is 1260. The lowest BCUT2D eigenvalue weighted by Gasteiger charge is -2.21. The summed E-state index contributed by atoms with van der Waals surface area (Å²) < 4.78 is 6.17. The fourth-order valence-electron chi connectivity index (χ4n) is 3.78. The van der Waals surface area contributed by atoms with Crippen molar-refractivity contribution < 1.29 is 14.6 Å². The molecule has 1 fully saturated rings. The predicted octanol–water partition coefficient (Wildman–Crippen LogP) is 6.48. The highest BCUT2D eigenvalue weighted by Gasteiger charge is 2.45. The minimum atomic E-state index is -0.927. The first-order chi connectivity index (χ1) is 15.0. The Kier molecular flexibility index (Phi) is 4.75. The first kappa shape index (κ1) is 19.4. The molecule has 1 aliphatic carbocycles. The highest BCUT2D eigenvalue weighted by molar-refractivity contribution is 6.30. The van der Waals surface area contributed by atoms with E-state index < -0.39 is 5.97 Å². The van der Waals surface area contributed by atoms with Crippen molar-refractivity contribution in [1.82, 2.24) is 4.98 Å². The molecule has 154 valence electrons. The number of benzene rings is 3. The van der Waals surface area contributed by atoms with Crippen molar-refractivity contribution in [2.45, 2.75) is 18.4 Å². The molecule has 5 nitrogen and oxygen atoms in total. The molecule has 0 atom stereocenters. The van der Waals surface area contributed by atoms with Gasteiger partial charge in [-0.25, -0.2) is 9.78 Å². The maximum atomic E-state index is 11.2. The van der Waals surface area contributed by atoms with Gasteiger partial charge in [-0.1, -0.05) is 35.9 Å². The number of hydrogen-bond acceptors (Lipinski definition) is 4. The lowest BCUT2D eigenvalue weighted by molar-refractivity contribution is 0.0697. The first-order valence-corrected chi connectivity index (χ1v) is 10.4. The van der Waals surface area contributed by atoms with E-state index in [4.69, 9.17) is 21.4 Å². The standard InChI is InChI=1S/C25H19ClN2O3/c26-19-8-10-20(11-9-19)31-21-3-1-2-16-12-15-27-23(22(16)21)28-25(13-14-25)18-6-4-17(5-7-18)24(29)30/h1-12,15H,13-14H2,(H,27,28)(H,29,30). The Morgan fingerprint density at radius 3 is 2.42 bits per heavy atom. The van der Waals surface area contributed by atoms with Crippen LogP contribution >= 0.6 is 11.6 Å². The highest BCUT2D eigenvalue weighted by Crippen LogP contribution is 2.49. The van der Waals surface area contributed by atoms with Crippen LogP contribution in [-0.4, -0.2) is 16.1 Å². The van der Waals surface area contributed by atoms with Crippen molar-refractivity contribution in [2.24, 2.45) is 0 Å². The zero-order chi connectivity index (χ0) is 21.4. The van der Waals surface area contributed by atoms with Gasteiger partial charge in [-0.15, -0.1) is 0 Å². The van der Waals surface area contributed by atoms with Gasteiger partial charge in [-0.3, -0.25) is 0 Å². The number of aromatic nitrogens is 1. The average Bonchev–Trinajstić information content (AvgIpc) is 3.56. The predicted molar refractivity (Wildman–Crippen MR) is 121 cm³/mol. The topological polar surface area (TPSA) is 71.5 Å². The van der Waals surface area contributed by atoms with Crippen LogP contribution in [0.5, 0.6) is 11.5 Å². The summed E-state index contributed by atoms with van der Waals surface area (Å²) >= 11 is 5.99. The van der Waals surface area contributed by atoms with Gasteiger partial charge in [-0.05, 0) is 72.3 Å². The van der Waals surface area contributed by atoms with E-state index in [9.17, 15) is 4.79 Å². The molecular formula is C25H19ClN2O3. The number of carboxylic acid groups (broad SMARTS) is 1. The van der Waals surface area contributed by atoms with E-state index in [1.807, 2.05) is 48.5 Å². The minimum absolute atomic E-state index is 0.258. The summed E-state index contributed by atoms with van der Waals surface area (Å²) in [5.74, 6) is 1.20. The van der Waals surface area contributed by atoms with Crippen molar-refractivity contribution in [1.29, 1.82) is 0 Å². The Morgan fingerprint density at radius 1 is 1.00 bits per heavy atom. The summed E-state index contributed by atoms with van der Waals surface area (Å²) in [5.41, 5.74) is 1.07. The molecule has 1 saturated carbocycles. The maximum Gasteiger partial charge on any atom is 0.335 e. The van der Waals surface area contributed by atoms with Gasteiger partial charge in [0, 0.05) is 11.2 Å². The van der Waals surface area contributed by atoms with Gasteiger partial charge < -0.3 is 15.2 Å². The molecule has 0 radical (unpaired) electrons. The summed E-state index contributed by atoms with van der Waals surface area (Å²) in [7, 11) is 0. The van der Waals surface area contributed by atoms with Gasteiger partial charge in [0.05, 0.1) is 16.5 Å². The maximum absolute atomic E-state index is 11.2. The summed E-state index contributed by atoms with van der Waals surface area (Å²) in [5, 5.41) is 15.3. The van der Waals surface area contributed by atoms with Gasteiger partial charge in [0.15, 0.2) is 0 Å².